The summed E-state index contributed by atoms with van der Waals surface area (Å²) >= 11 is 0. The van der Waals surface area contributed by atoms with Gasteiger partial charge in [-0.15, -0.1) is 0 Å². The molecule has 1 aromatic carbocycles. The highest BCUT2D eigenvalue weighted by atomic mass is 19.1. The van der Waals surface area contributed by atoms with E-state index in [0.717, 1.165) is 12.0 Å². The molecule has 0 spiro atoms. The molecule has 0 bridgehead atoms. The fourth-order valence-electron chi connectivity index (χ4n) is 2.29. The lowest BCUT2D eigenvalue weighted by molar-refractivity contribution is -0.121. The number of aromatic nitrogens is 1. The van der Waals surface area contributed by atoms with Gasteiger partial charge in [0.1, 0.15) is 5.82 Å². The van der Waals surface area contributed by atoms with E-state index in [1.165, 1.54) is 24.3 Å². The number of Topliss-reactive ketones (excluding diaryl/α,β-unsaturated/α-hetero) is 1. The number of halogens is 1. The highest BCUT2D eigenvalue weighted by Crippen LogP contribution is 2.16. The average Bonchev–Trinajstić information content (AvgIpc) is 2.59. The fraction of sp³-hybridized carbons (Fsp3) is 0.278. The third kappa shape index (κ3) is 4.98. The number of hydrogen-bond acceptors (Lipinski definition) is 3. The average molecular weight is 314 g/mol. The molecular formula is C18H19FN2O2. The van der Waals surface area contributed by atoms with Crippen LogP contribution in [0.4, 0.5) is 4.39 Å². The normalized spacial score (nSPS) is 11.7. The summed E-state index contributed by atoms with van der Waals surface area (Å²) in [6.07, 6.45) is 4.33. The maximum absolute atomic E-state index is 12.8. The summed E-state index contributed by atoms with van der Waals surface area (Å²) in [5, 5.41) is 2.92. The van der Waals surface area contributed by atoms with Gasteiger partial charge >= 0.3 is 0 Å². The van der Waals surface area contributed by atoms with E-state index in [1.54, 1.807) is 12.4 Å². The molecule has 120 valence electrons. The lowest BCUT2D eigenvalue weighted by atomic mass is 10.0. The number of nitrogens with one attached hydrogen (secondary N) is 1. The summed E-state index contributed by atoms with van der Waals surface area (Å²) in [7, 11) is 0. The summed E-state index contributed by atoms with van der Waals surface area (Å²) in [6.45, 7) is 1.98. The molecule has 0 saturated carbocycles. The van der Waals surface area contributed by atoms with E-state index in [4.69, 9.17) is 0 Å². The largest absolute Gasteiger partial charge is 0.349 e. The van der Waals surface area contributed by atoms with Gasteiger partial charge in [0.25, 0.3) is 0 Å². The number of pyridine rings is 1. The molecule has 4 nitrogen and oxygen atoms in total. The Kier molecular flexibility index (Phi) is 5.97. The Morgan fingerprint density at radius 3 is 2.35 bits per heavy atom. The van der Waals surface area contributed by atoms with Crippen LogP contribution in [0.25, 0.3) is 0 Å². The van der Waals surface area contributed by atoms with Crippen LogP contribution in [0, 0.1) is 5.82 Å². The van der Waals surface area contributed by atoms with E-state index >= 15 is 0 Å². The molecule has 1 atom stereocenters. The Morgan fingerprint density at radius 1 is 1.09 bits per heavy atom. The summed E-state index contributed by atoms with van der Waals surface area (Å²) in [4.78, 5) is 28.0. The maximum Gasteiger partial charge on any atom is 0.220 e. The van der Waals surface area contributed by atoms with E-state index in [0.29, 0.717) is 5.56 Å². The number of carbonyl (C=O) groups is 2. The van der Waals surface area contributed by atoms with Crippen molar-refractivity contribution in [2.45, 2.75) is 32.2 Å². The van der Waals surface area contributed by atoms with Gasteiger partial charge in [0.2, 0.25) is 5.91 Å². The van der Waals surface area contributed by atoms with Crippen LogP contribution in [0.15, 0.2) is 48.8 Å². The van der Waals surface area contributed by atoms with E-state index < -0.39 is 0 Å². The SMILES string of the molecule is CC[C@H](NC(=O)CCC(=O)c1ccc(F)cc1)c1ccncc1. The van der Waals surface area contributed by atoms with Crippen LogP contribution < -0.4 is 5.32 Å². The Balaban J connectivity index is 1.87. The van der Waals surface area contributed by atoms with Crippen molar-refractivity contribution in [3.8, 4) is 0 Å². The van der Waals surface area contributed by atoms with E-state index in [1.807, 2.05) is 19.1 Å². The van der Waals surface area contributed by atoms with E-state index in [9.17, 15) is 14.0 Å². The minimum absolute atomic E-state index is 0.0913. The molecule has 5 heteroatoms. The Bertz CT molecular complexity index is 656. The molecule has 0 aliphatic heterocycles. The number of nitrogens with zero attached hydrogens (tertiary/aromatic N) is 1. The second kappa shape index (κ2) is 8.17. The Labute approximate surface area is 134 Å². The van der Waals surface area contributed by atoms with Crippen molar-refractivity contribution >= 4 is 11.7 Å². The molecule has 1 aromatic heterocycles. The standard InChI is InChI=1S/C18H19FN2O2/c1-2-16(13-9-11-20-12-10-13)21-18(23)8-7-17(22)14-3-5-15(19)6-4-14/h3-6,9-12,16H,2,7-8H2,1H3,(H,21,23)/t16-/m0/s1. The number of hydrogen-bond donors (Lipinski definition) is 1. The lowest BCUT2D eigenvalue weighted by Gasteiger charge is -2.17. The molecule has 2 aromatic rings. The van der Waals surface area contributed by atoms with Crippen molar-refractivity contribution in [3.05, 3.63) is 65.7 Å². The first kappa shape index (κ1) is 16.8. The van der Waals surface area contributed by atoms with Gasteiger partial charge in [-0.2, -0.15) is 0 Å². The minimum Gasteiger partial charge on any atom is -0.349 e. The smallest absolute Gasteiger partial charge is 0.220 e. The molecular weight excluding hydrogens is 295 g/mol. The van der Waals surface area contributed by atoms with Gasteiger partial charge in [-0.1, -0.05) is 6.92 Å². The van der Waals surface area contributed by atoms with Crippen LogP contribution >= 0.6 is 0 Å². The zero-order chi connectivity index (χ0) is 16.7. The highest BCUT2D eigenvalue weighted by Gasteiger charge is 2.14. The molecule has 1 heterocycles. The van der Waals surface area contributed by atoms with Crippen molar-refractivity contribution < 1.29 is 14.0 Å². The highest BCUT2D eigenvalue weighted by molar-refractivity contribution is 5.97. The number of ketones is 1. The molecule has 23 heavy (non-hydrogen) atoms. The van der Waals surface area contributed by atoms with Crippen molar-refractivity contribution in [2.24, 2.45) is 0 Å². The molecule has 1 amide bonds. The van der Waals surface area contributed by atoms with Crippen LogP contribution in [-0.2, 0) is 4.79 Å². The first-order valence-corrected chi connectivity index (χ1v) is 7.58. The predicted octanol–water partition coefficient (Wildman–Crippen LogP) is 3.45. The second-order valence-electron chi connectivity index (χ2n) is 5.24. The molecule has 0 aliphatic carbocycles. The molecule has 0 fully saturated rings. The second-order valence-corrected chi connectivity index (χ2v) is 5.24. The zero-order valence-electron chi connectivity index (χ0n) is 13.0. The monoisotopic (exact) mass is 314 g/mol. The first-order valence-electron chi connectivity index (χ1n) is 7.58. The van der Waals surface area contributed by atoms with Gasteiger partial charge in [0.15, 0.2) is 5.78 Å². The lowest BCUT2D eigenvalue weighted by Crippen LogP contribution is -2.28. The molecule has 0 aliphatic rings. The van der Waals surface area contributed by atoms with Gasteiger partial charge in [0.05, 0.1) is 6.04 Å². The molecule has 0 radical (unpaired) electrons. The molecule has 0 unspecified atom stereocenters. The zero-order valence-corrected chi connectivity index (χ0v) is 13.0. The van der Waals surface area contributed by atoms with Crippen LogP contribution in [-0.4, -0.2) is 16.7 Å². The summed E-state index contributed by atoms with van der Waals surface area (Å²) in [5.41, 5.74) is 1.40. The number of benzene rings is 1. The summed E-state index contributed by atoms with van der Waals surface area (Å²) < 4.78 is 12.8. The fourth-order valence-corrected chi connectivity index (χ4v) is 2.29. The number of carbonyl (C=O) groups excluding carboxylic acids is 2. The third-order valence-electron chi connectivity index (χ3n) is 3.60. The molecule has 0 saturated heterocycles. The van der Waals surface area contributed by atoms with Gasteiger partial charge < -0.3 is 5.32 Å². The van der Waals surface area contributed by atoms with Gasteiger partial charge in [-0.25, -0.2) is 4.39 Å². The van der Waals surface area contributed by atoms with Crippen molar-refractivity contribution in [2.75, 3.05) is 0 Å². The van der Waals surface area contributed by atoms with Gasteiger partial charge in [-0.05, 0) is 48.4 Å². The number of rotatable bonds is 7. The quantitative estimate of drug-likeness (QED) is 0.796. The Hall–Kier alpha value is -2.56. The molecule has 2 rings (SSSR count). The predicted molar refractivity (Wildman–Crippen MR) is 85.4 cm³/mol. The molecule has 1 N–H and O–H groups in total. The maximum atomic E-state index is 12.8. The van der Waals surface area contributed by atoms with Crippen molar-refractivity contribution in [1.29, 1.82) is 0 Å². The van der Waals surface area contributed by atoms with Gasteiger partial charge in [0, 0.05) is 30.8 Å². The van der Waals surface area contributed by atoms with E-state index in [-0.39, 0.29) is 36.4 Å². The first-order chi connectivity index (χ1) is 11.1. The van der Waals surface area contributed by atoms with Crippen molar-refractivity contribution in [3.63, 3.8) is 0 Å². The summed E-state index contributed by atoms with van der Waals surface area (Å²) in [5.74, 6) is -0.733. The minimum atomic E-state index is -0.387. The van der Waals surface area contributed by atoms with Crippen LogP contribution in [0.2, 0.25) is 0 Å². The number of amides is 1. The topological polar surface area (TPSA) is 59.1 Å². The third-order valence-corrected chi connectivity index (χ3v) is 3.60. The van der Waals surface area contributed by atoms with Gasteiger partial charge in [-0.3, -0.25) is 14.6 Å². The van der Waals surface area contributed by atoms with E-state index in [2.05, 4.69) is 10.3 Å². The van der Waals surface area contributed by atoms with Crippen LogP contribution in [0.3, 0.4) is 0 Å². The van der Waals surface area contributed by atoms with Crippen LogP contribution in [0.1, 0.15) is 48.1 Å². The van der Waals surface area contributed by atoms with Crippen LogP contribution in [0.5, 0.6) is 0 Å². The van der Waals surface area contributed by atoms with Crippen molar-refractivity contribution in [1.82, 2.24) is 10.3 Å². The summed E-state index contributed by atoms with van der Waals surface area (Å²) in [6, 6.07) is 8.97. The Morgan fingerprint density at radius 2 is 1.74 bits per heavy atom.